The fourth-order valence-corrected chi connectivity index (χ4v) is 3.49. The number of aryl methyl sites for hydroxylation is 1. The average Bonchev–Trinajstić information content (AvgIpc) is 2.44. The lowest BCUT2D eigenvalue weighted by atomic mass is 9.76. The predicted molar refractivity (Wildman–Crippen MR) is 79.2 cm³/mol. The van der Waals surface area contributed by atoms with Crippen LogP contribution in [-0.2, 0) is 6.42 Å². The Kier molecular flexibility index (Phi) is 5.31. The molecule has 1 saturated carbocycles. The molecule has 3 unspecified atom stereocenters. The van der Waals surface area contributed by atoms with Gasteiger partial charge in [-0.3, -0.25) is 0 Å². The maximum atomic E-state index is 12.9. The topological polar surface area (TPSA) is 12.0 Å². The summed E-state index contributed by atoms with van der Waals surface area (Å²) in [6.07, 6.45) is -1.11. The molecule has 0 saturated heterocycles. The van der Waals surface area contributed by atoms with Crippen molar-refractivity contribution in [2.24, 2.45) is 11.8 Å². The Balaban J connectivity index is 2.03. The number of benzene rings is 1. The average molecular weight is 299 g/mol. The predicted octanol–water partition coefficient (Wildman–Crippen LogP) is 4.49. The van der Waals surface area contributed by atoms with Crippen molar-refractivity contribution in [2.75, 3.05) is 7.05 Å². The standard InChI is InChI=1S/C17H24F3N/c1-12-5-3-6-13(9-12)10-16(21-2)14-7-4-8-15(11-14)17(18,19)20/h3,5-6,9,14-16,21H,4,7-8,10-11H2,1-2H3. The van der Waals surface area contributed by atoms with Crippen LogP contribution >= 0.6 is 0 Å². The van der Waals surface area contributed by atoms with Gasteiger partial charge in [-0.2, -0.15) is 13.2 Å². The highest BCUT2D eigenvalue weighted by Crippen LogP contribution is 2.41. The molecule has 1 fully saturated rings. The number of nitrogens with one attached hydrogen (secondary N) is 1. The molecule has 0 bridgehead atoms. The molecule has 0 aromatic heterocycles. The summed E-state index contributed by atoms with van der Waals surface area (Å²) in [6.45, 7) is 2.04. The Morgan fingerprint density at radius 2 is 2.05 bits per heavy atom. The van der Waals surface area contributed by atoms with Gasteiger partial charge in [0.1, 0.15) is 0 Å². The molecule has 1 N–H and O–H groups in total. The minimum absolute atomic E-state index is 0.107. The second kappa shape index (κ2) is 6.82. The normalized spacial score (nSPS) is 24.8. The van der Waals surface area contributed by atoms with Crippen LogP contribution in [0.3, 0.4) is 0 Å². The molecule has 0 amide bonds. The molecule has 1 aliphatic carbocycles. The van der Waals surface area contributed by atoms with Crippen LogP contribution in [0.5, 0.6) is 0 Å². The lowest BCUT2D eigenvalue weighted by Gasteiger charge is -2.35. The fraction of sp³-hybridized carbons (Fsp3) is 0.647. The van der Waals surface area contributed by atoms with Gasteiger partial charge >= 0.3 is 6.18 Å². The maximum absolute atomic E-state index is 12.9. The van der Waals surface area contributed by atoms with E-state index in [0.717, 1.165) is 12.8 Å². The van der Waals surface area contributed by atoms with Crippen LogP contribution < -0.4 is 5.32 Å². The molecule has 0 spiro atoms. The quantitative estimate of drug-likeness (QED) is 0.863. The van der Waals surface area contributed by atoms with Crippen LogP contribution in [0.15, 0.2) is 24.3 Å². The summed E-state index contributed by atoms with van der Waals surface area (Å²) in [5.74, 6) is -1.01. The van der Waals surface area contributed by atoms with E-state index in [0.29, 0.717) is 12.8 Å². The van der Waals surface area contributed by atoms with E-state index < -0.39 is 12.1 Å². The van der Waals surface area contributed by atoms with Crippen molar-refractivity contribution < 1.29 is 13.2 Å². The van der Waals surface area contributed by atoms with E-state index in [-0.39, 0.29) is 18.4 Å². The van der Waals surface area contributed by atoms with Gasteiger partial charge in [0.15, 0.2) is 0 Å². The molecular weight excluding hydrogens is 275 g/mol. The lowest BCUT2D eigenvalue weighted by Crippen LogP contribution is -2.40. The maximum Gasteiger partial charge on any atom is 0.391 e. The first-order valence-corrected chi connectivity index (χ1v) is 7.69. The fourth-order valence-electron chi connectivity index (χ4n) is 3.49. The number of halogens is 3. The second-order valence-corrected chi connectivity index (χ2v) is 6.25. The SMILES string of the molecule is CNC(Cc1cccc(C)c1)C1CCCC(C(F)(F)F)C1. The minimum Gasteiger partial charge on any atom is -0.316 e. The number of likely N-dealkylation sites (N-methyl/N-ethyl adjacent to an activating group) is 1. The summed E-state index contributed by atoms with van der Waals surface area (Å²) in [4.78, 5) is 0. The Labute approximate surface area is 124 Å². The van der Waals surface area contributed by atoms with Crippen molar-refractivity contribution in [3.8, 4) is 0 Å². The van der Waals surface area contributed by atoms with Crippen LogP contribution in [0, 0.1) is 18.8 Å². The molecule has 21 heavy (non-hydrogen) atoms. The zero-order valence-corrected chi connectivity index (χ0v) is 12.7. The van der Waals surface area contributed by atoms with Gasteiger partial charge in [0.25, 0.3) is 0 Å². The summed E-state index contributed by atoms with van der Waals surface area (Å²) in [5.41, 5.74) is 2.39. The van der Waals surface area contributed by atoms with Crippen molar-refractivity contribution in [1.82, 2.24) is 5.32 Å². The third-order valence-corrected chi connectivity index (χ3v) is 4.66. The Morgan fingerprint density at radius 3 is 2.67 bits per heavy atom. The minimum atomic E-state index is -4.04. The zero-order chi connectivity index (χ0) is 15.5. The molecule has 2 rings (SSSR count). The molecule has 0 radical (unpaired) electrons. The Morgan fingerprint density at radius 1 is 1.29 bits per heavy atom. The molecule has 1 aromatic carbocycles. The molecule has 1 nitrogen and oxygen atoms in total. The Hall–Kier alpha value is -1.03. The van der Waals surface area contributed by atoms with E-state index in [2.05, 4.69) is 17.4 Å². The molecule has 118 valence electrons. The highest BCUT2D eigenvalue weighted by molar-refractivity contribution is 5.23. The van der Waals surface area contributed by atoms with Crippen LogP contribution in [0.2, 0.25) is 0 Å². The molecule has 0 aliphatic heterocycles. The van der Waals surface area contributed by atoms with Gasteiger partial charge in [-0.15, -0.1) is 0 Å². The highest BCUT2D eigenvalue weighted by Gasteiger charge is 2.43. The smallest absolute Gasteiger partial charge is 0.316 e. The molecular formula is C17H24F3N. The van der Waals surface area contributed by atoms with Crippen molar-refractivity contribution >= 4 is 0 Å². The first-order chi connectivity index (χ1) is 9.90. The van der Waals surface area contributed by atoms with Crippen molar-refractivity contribution in [3.63, 3.8) is 0 Å². The first-order valence-electron chi connectivity index (χ1n) is 7.69. The van der Waals surface area contributed by atoms with Crippen molar-refractivity contribution in [3.05, 3.63) is 35.4 Å². The van der Waals surface area contributed by atoms with Crippen LogP contribution in [0.4, 0.5) is 13.2 Å². The Bertz CT molecular complexity index is 456. The summed E-state index contributed by atoms with van der Waals surface area (Å²) < 4.78 is 38.8. The van der Waals surface area contributed by atoms with Crippen molar-refractivity contribution in [2.45, 2.75) is 51.2 Å². The first kappa shape index (κ1) is 16.3. The van der Waals surface area contributed by atoms with Crippen LogP contribution in [0.1, 0.15) is 36.8 Å². The van der Waals surface area contributed by atoms with Crippen LogP contribution in [-0.4, -0.2) is 19.3 Å². The third kappa shape index (κ3) is 4.47. The number of alkyl halides is 3. The van der Waals surface area contributed by atoms with Gasteiger partial charge < -0.3 is 5.32 Å². The third-order valence-electron chi connectivity index (χ3n) is 4.66. The van der Waals surface area contributed by atoms with E-state index in [9.17, 15) is 13.2 Å². The highest BCUT2D eigenvalue weighted by atomic mass is 19.4. The molecule has 1 aliphatic rings. The van der Waals surface area contributed by atoms with Gasteiger partial charge in [-0.05, 0) is 51.1 Å². The molecule has 4 heteroatoms. The van der Waals surface area contributed by atoms with Gasteiger partial charge in [0.05, 0.1) is 5.92 Å². The van der Waals surface area contributed by atoms with E-state index >= 15 is 0 Å². The van der Waals surface area contributed by atoms with E-state index in [4.69, 9.17) is 0 Å². The number of hydrogen-bond donors (Lipinski definition) is 1. The van der Waals surface area contributed by atoms with Gasteiger partial charge in [0, 0.05) is 6.04 Å². The van der Waals surface area contributed by atoms with E-state index in [1.165, 1.54) is 11.1 Å². The van der Waals surface area contributed by atoms with Gasteiger partial charge in [-0.25, -0.2) is 0 Å². The zero-order valence-electron chi connectivity index (χ0n) is 12.7. The monoisotopic (exact) mass is 299 g/mol. The largest absolute Gasteiger partial charge is 0.391 e. The van der Waals surface area contributed by atoms with Gasteiger partial charge in [-0.1, -0.05) is 36.2 Å². The summed E-state index contributed by atoms with van der Waals surface area (Å²) in [7, 11) is 1.86. The molecule has 3 atom stereocenters. The van der Waals surface area contributed by atoms with Crippen LogP contribution in [0.25, 0.3) is 0 Å². The van der Waals surface area contributed by atoms with Gasteiger partial charge in [0.2, 0.25) is 0 Å². The second-order valence-electron chi connectivity index (χ2n) is 6.25. The van der Waals surface area contributed by atoms with Crippen molar-refractivity contribution in [1.29, 1.82) is 0 Å². The lowest BCUT2D eigenvalue weighted by molar-refractivity contribution is -0.186. The summed E-state index contributed by atoms with van der Waals surface area (Å²) in [5, 5.41) is 3.24. The summed E-state index contributed by atoms with van der Waals surface area (Å²) >= 11 is 0. The van der Waals surface area contributed by atoms with E-state index in [1.807, 2.05) is 26.1 Å². The number of hydrogen-bond acceptors (Lipinski definition) is 1. The van der Waals surface area contributed by atoms with E-state index in [1.54, 1.807) is 0 Å². The molecule has 1 aromatic rings. The molecule has 0 heterocycles. The number of rotatable bonds is 4. The summed E-state index contributed by atoms with van der Waals surface area (Å²) in [6, 6.07) is 8.35.